The highest BCUT2D eigenvalue weighted by molar-refractivity contribution is 8.00. The normalized spacial score (nSPS) is 16.6. The molecule has 1 fully saturated rings. The summed E-state index contributed by atoms with van der Waals surface area (Å²) in [5.41, 5.74) is 2.83. The molecule has 2 aliphatic carbocycles. The van der Waals surface area contributed by atoms with Crippen molar-refractivity contribution in [2.45, 2.75) is 43.0 Å². The number of hydrogen-bond acceptors (Lipinski definition) is 3. The van der Waals surface area contributed by atoms with E-state index in [1.807, 2.05) is 0 Å². The summed E-state index contributed by atoms with van der Waals surface area (Å²) in [6, 6.07) is 6.55. The smallest absolute Gasteiger partial charge is 0.323 e. The molecule has 1 aromatic carbocycles. The lowest BCUT2D eigenvalue weighted by molar-refractivity contribution is -0.143. The van der Waals surface area contributed by atoms with Crippen LogP contribution in [0.5, 0.6) is 0 Å². The zero-order chi connectivity index (χ0) is 14.8. The molecule has 0 radical (unpaired) electrons. The Balaban J connectivity index is 1.58. The molecule has 0 bridgehead atoms. The van der Waals surface area contributed by atoms with Crippen molar-refractivity contribution >= 4 is 23.6 Å². The molecule has 2 aliphatic rings. The van der Waals surface area contributed by atoms with Crippen molar-refractivity contribution in [2.24, 2.45) is 0 Å². The highest BCUT2D eigenvalue weighted by atomic mass is 32.2. The first-order valence-electron chi connectivity index (χ1n) is 7.39. The van der Waals surface area contributed by atoms with Crippen molar-refractivity contribution in [3.63, 3.8) is 0 Å². The first-order chi connectivity index (χ1) is 10.1. The Kier molecular flexibility index (Phi) is 4.19. The van der Waals surface area contributed by atoms with Crippen molar-refractivity contribution in [3.8, 4) is 0 Å². The van der Waals surface area contributed by atoms with E-state index in [1.165, 1.54) is 34.2 Å². The zero-order valence-electron chi connectivity index (χ0n) is 11.9. The first-order valence-corrected chi connectivity index (χ1v) is 8.38. The molecule has 0 spiro atoms. The van der Waals surface area contributed by atoms with Crippen LogP contribution in [0.4, 0.5) is 0 Å². The predicted octanol–water partition coefficient (Wildman–Crippen LogP) is 2.34. The fourth-order valence-electron chi connectivity index (χ4n) is 2.82. The molecule has 21 heavy (non-hydrogen) atoms. The number of amides is 1. The molecule has 1 amide bonds. The molecule has 4 nitrogen and oxygen atoms in total. The third kappa shape index (κ3) is 3.59. The van der Waals surface area contributed by atoms with Gasteiger partial charge in [-0.05, 0) is 55.4 Å². The Bertz CT molecular complexity index is 569. The third-order valence-electron chi connectivity index (χ3n) is 4.05. The molecule has 0 aromatic heterocycles. The Morgan fingerprint density at radius 2 is 2.00 bits per heavy atom. The molecule has 1 N–H and O–H groups in total. The van der Waals surface area contributed by atoms with Crippen LogP contribution < -0.4 is 0 Å². The van der Waals surface area contributed by atoms with E-state index in [2.05, 4.69) is 18.2 Å². The van der Waals surface area contributed by atoms with E-state index in [0.717, 1.165) is 30.6 Å². The molecule has 112 valence electrons. The Labute approximate surface area is 128 Å². The van der Waals surface area contributed by atoms with E-state index in [-0.39, 0.29) is 18.5 Å². The number of carboxylic acids is 1. The Hall–Kier alpha value is -1.49. The van der Waals surface area contributed by atoms with E-state index in [1.54, 1.807) is 0 Å². The fraction of sp³-hybridized carbons (Fsp3) is 0.500. The maximum Gasteiger partial charge on any atom is 0.323 e. The van der Waals surface area contributed by atoms with Gasteiger partial charge in [0.25, 0.3) is 0 Å². The summed E-state index contributed by atoms with van der Waals surface area (Å²) in [6.45, 7) is -0.172. The summed E-state index contributed by atoms with van der Waals surface area (Å²) >= 11 is 1.51. The van der Waals surface area contributed by atoms with E-state index in [0.29, 0.717) is 5.75 Å². The van der Waals surface area contributed by atoms with Gasteiger partial charge in [0, 0.05) is 10.9 Å². The molecular formula is C16H19NO3S. The largest absolute Gasteiger partial charge is 0.480 e. The van der Waals surface area contributed by atoms with Gasteiger partial charge in [0.05, 0.1) is 5.75 Å². The number of benzene rings is 1. The second kappa shape index (κ2) is 6.10. The predicted molar refractivity (Wildman–Crippen MR) is 81.6 cm³/mol. The van der Waals surface area contributed by atoms with Gasteiger partial charge in [-0.3, -0.25) is 9.59 Å². The van der Waals surface area contributed by atoms with E-state index < -0.39 is 5.97 Å². The summed E-state index contributed by atoms with van der Waals surface area (Å²) < 4.78 is 0. The van der Waals surface area contributed by atoms with Crippen LogP contribution >= 0.6 is 11.8 Å². The van der Waals surface area contributed by atoms with Gasteiger partial charge in [0.2, 0.25) is 5.91 Å². The van der Waals surface area contributed by atoms with Crippen LogP contribution in [0.3, 0.4) is 0 Å². The number of thioether (sulfide) groups is 1. The number of carbonyl (C=O) groups excluding carboxylic acids is 1. The van der Waals surface area contributed by atoms with Crippen LogP contribution in [0.2, 0.25) is 0 Å². The summed E-state index contributed by atoms with van der Waals surface area (Å²) in [6.07, 6.45) is 5.37. The van der Waals surface area contributed by atoms with E-state index in [9.17, 15) is 9.59 Å². The Morgan fingerprint density at radius 1 is 1.24 bits per heavy atom. The van der Waals surface area contributed by atoms with Crippen LogP contribution in [-0.4, -0.2) is 40.2 Å². The zero-order valence-corrected chi connectivity index (χ0v) is 12.7. The van der Waals surface area contributed by atoms with Crippen molar-refractivity contribution in [1.29, 1.82) is 0 Å². The van der Waals surface area contributed by atoms with Gasteiger partial charge in [0.1, 0.15) is 6.54 Å². The standard InChI is InChI=1S/C16H19NO3S/c18-15(17(9-16(19)20)13-5-6-13)10-21-14-7-4-11-2-1-3-12(11)8-14/h4,7-8,13H,1-3,5-6,9-10H2,(H,19,20). The van der Waals surface area contributed by atoms with Crippen LogP contribution in [0.25, 0.3) is 0 Å². The third-order valence-corrected chi connectivity index (χ3v) is 5.02. The summed E-state index contributed by atoms with van der Waals surface area (Å²) in [4.78, 5) is 25.7. The molecule has 0 unspecified atom stereocenters. The second-order valence-electron chi connectivity index (χ2n) is 5.72. The quantitative estimate of drug-likeness (QED) is 0.820. The molecular weight excluding hydrogens is 286 g/mol. The van der Waals surface area contributed by atoms with Crippen molar-refractivity contribution in [2.75, 3.05) is 12.3 Å². The average Bonchev–Trinajstić information content (AvgIpc) is 3.19. The molecule has 1 aromatic rings. The minimum atomic E-state index is -0.933. The lowest BCUT2D eigenvalue weighted by Crippen LogP contribution is -2.38. The molecule has 0 saturated heterocycles. The topological polar surface area (TPSA) is 57.6 Å². The average molecular weight is 305 g/mol. The number of fused-ring (bicyclic) bond motifs is 1. The van der Waals surface area contributed by atoms with Gasteiger partial charge in [0.15, 0.2) is 0 Å². The molecule has 1 saturated carbocycles. The van der Waals surface area contributed by atoms with Crippen LogP contribution in [0.1, 0.15) is 30.4 Å². The summed E-state index contributed by atoms with van der Waals surface area (Å²) in [5, 5.41) is 8.90. The molecule has 5 heteroatoms. The highest BCUT2D eigenvalue weighted by Crippen LogP contribution is 2.30. The van der Waals surface area contributed by atoms with Gasteiger partial charge in [-0.15, -0.1) is 11.8 Å². The van der Waals surface area contributed by atoms with E-state index in [4.69, 9.17) is 5.11 Å². The molecule has 0 heterocycles. The second-order valence-corrected chi connectivity index (χ2v) is 6.77. The molecule has 3 rings (SSSR count). The van der Waals surface area contributed by atoms with Gasteiger partial charge < -0.3 is 10.0 Å². The monoisotopic (exact) mass is 305 g/mol. The maximum atomic E-state index is 12.2. The number of hydrogen-bond donors (Lipinski definition) is 1. The number of rotatable bonds is 6. The minimum Gasteiger partial charge on any atom is -0.480 e. The summed E-state index contributed by atoms with van der Waals surface area (Å²) in [5.74, 6) is -0.675. The highest BCUT2D eigenvalue weighted by Gasteiger charge is 2.33. The van der Waals surface area contributed by atoms with Crippen molar-refractivity contribution in [3.05, 3.63) is 29.3 Å². The molecule has 0 aliphatic heterocycles. The van der Waals surface area contributed by atoms with Gasteiger partial charge in [-0.25, -0.2) is 0 Å². The van der Waals surface area contributed by atoms with Crippen LogP contribution in [0.15, 0.2) is 23.1 Å². The lowest BCUT2D eigenvalue weighted by Gasteiger charge is -2.20. The van der Waals surface area contributed by atoms with Crippen molar-refractivity contribution < 1.29 is 14.7 Å². The number of carbonyl (C=O) groups is 2. The number of aryl methyl sites for hydroxylation is 2. The first kappa shape index (κ1) is 14.4. The summed E-state index contributed by atoms with van der Waals surface area (Å²) in [7, 11) is 0. The number of nitrogens with zero attached hydrogens (tertiary/aromatic N) is 1. The number of carboxylic acid groups (broad SMARTS) is 1. The minimum absolute atomic E-state index is 0.0644. The van der Waals surface area contributed by atoms with Crippen molar-refractivity contribution in [1.82, 2.24) is 4.90 Å². The molecule has 0 atom stereocenters. The van der Waals surface area contributed by atoms with Crippen LogP contribution in [0, 0.1) is 0 Å². The lowest BCUT2D eigenvalue weighted by atomic mass is 10.1. The SMILES string of the molecule is O=C(O)CN(C(=O)CSc1ccc2c(c1)CCC2)C1CC1. The van der Waals surface area contributed by atoms with E-state index >= 15 is 0 Å². The number of aliphatic carboxylic acids is 1. The fourth-order valence-corrected chi connectivity index (χ4v) is 3.66. The maximum absolute atomic E-state index is 12.2. The van der Waals surface area contributed by atoms with Gasteiger partial charge >= 0.3 is 5.97 Å². The van der Waals surface area contributed by atoms with Gasteiger partial charge in [-0.1, -0.05) is 6.07 Å². The Morgan fingerprint density at radius 3 is 2.71 bits per heavy atom. The van der Waals surface area contributed by atoms with Crippen LogP contribution in [-0.2, 0) is 22.4 Å². The van der Waals surface area contributed by atoms with Gasteiger partial charge in [-0.2, -0.15) is 0 Å².